The van der Waals surface area contributed by atoms with E-state index in [1.54, 1.807) is 13.2 Å². The maximum atomic E-state index is 7.97. The van der Waals surface area contributed by atoms with Gasteiger partial charge in [-0.3, -0.25) is 0 Å². The fraction of sp³-hybridized carbons (Fsp3) is 0.0769. The molecule has 0 fully saturated rings. The molecule has 0 aliphatic rings. The molecule has 0 aliphatic heterocycles. The first-order valence-electron chi connectivity index (χ1n) is 6.18. The molecule has 1 aromatic heterocycles. The van der Waals surface area contributed by atoms with E-state index >= 15 is 0 Å². The average molecular weight is 200 g/mol. The van der Waals surface area contributed by atoms with Crippen molar-refractivity contribution in [1.82, 2.24) is 4.98 Å². The standard InChI is InChI=1S/C13H11NO/c1-15-9-6-7-11-10-4-2-3-5-12(10)14-13(11)8-9/h2-8,14H,1H3/i2D,3D,4D. The van der Waals surface area contributed by atoms with Crippen LogP contribution in [0.1, 0.15) is 4.11 Å². The largest absolute Gasteiger partial charge is 0.497 e. The lowest BCUT2D eigenvalue weighted by Crippen LogP contribution is -1.80. The van der Waals surface area contributed by atoms with Crippen LogP contribution >= 0.6 is 0 Å². The molecule has 0 atom stereocenters. The quantitative estimate of drug-likeness (QED) is 0.640. The number of nitrogens with one attached hydrogen (secondary N) is 1. The maximum absolute atomic E-state index is 7.97. The highest BCUT2D eigenvalue weighted by atomic mass is 16.5. The number of aromatic nitrogens is 1. The number of H-pyrrole nitrogens is 1. The normalized spacial score (nSPS) is 13.8. The summed E-state index contributed by atoms with van der Waals surface area (Å²) in [5.74, 6) is 0.734. The van der Waals surface area contributed by atoms with Gasteiger partial charge in [-0.1, -0.05) is 18.1 Å². The fourth-order valence-electron chi connectivity index (χ4n) is 1.77. The SMILES string of the molecule is [2H]c1cc2[nH]c3cc(OC)ccc3c2c([2H])c1[2H]. The smallest absolute Gasteiger partial charge is 0.120 e. The molecule has 0 unspecified atom stereocenters. The first-order valence-corrected chi connectivity index (χ1v) is 4.68. The molecule has 2 nitrogen and oxygen atoms in total. The molecule has 0 saturated heterocycles. The van der Waals surface area contributed by atoms with Crippen LogP contribution in [0.5, 0.6) is 5.75 Å². The average Bonchev–Trinajstić information content (AvgIpc) is 2.72. The Morgan fingerprint density at radius 3 is 2.93 bits per heavy atom. The summed E-state index contributed by atoms with van der Waals surface area (Å²) in [5.41, 5.74) is 1.56. The third-order valence-electron chi connectivity index (χ3n) is 2.51. The van der Waals surface area contributed by atoms with Crippen molar-refractivity contribution < 1.29 is 8.85 Å². The minimum atomic E-state index is -0.0424. The van der Waals surface area contributed by atoms with Crippen molar-refractivity contribution in [3.05, 3.63) is 42.4 Å². The Balaban J connectivity index is 2.48. The minimum absolute atomic E-state index is 0.0424. The van der Waals surface area contributed by atoms with Crippen molar-refractivity contribution in [2.45, 2.75) is 0 Å². The van der Waals surface area contributed by atoms with E-state index in [1.165, 1.54) is 0 Å². The number of ether oxygens (including phenoxy) is 1. The highest BCUT2D eigenvalue weighted by Crippen LogP contribution is 2.27. The molecule has 2 aromatic carbocycles. The summed E-state index contributed by atoms with van der Waals surface area (Å²) in [5, 5.41) is 1.57. The number of aromatic amines is 1. The second-order valence-corrected chi connectivity index (χ2v) is 3.36. The molecule has 0 spiro atoms. The first kappa shape index (κ1) is 5.81. The van der Waals surface area contributed by atoms with Gasteiger partial charge in [-0.05, 0) is 18.2 Å². The van der Waals surface area contributed by atoms with Crippen LogP contribution in [-0.4, -0.2) is 12.1 Å². The Morgan fingerprint density at radius 2 is 2.07 bits per heavy atom. The Morgan fingerprint density at radius 1 is 1.13 bits per heavy atom. The number of rotatable bonds is 1. The molecule has 0 saturated carbocycles. The van der Waals surface area contributed by atoms with E-state index in [9.17, 15) is 0 Å². The van der Waals surface area contributed by atoms with Crippen LogP contribution in [0.25, 0.3) is 21.8 Å². The monoisotopic (exact) mass is 200 g/mol. The number of hydrogen-bond acceptors (Lipinski definition) is 1. The lowest BCUT2D eigenvalue weighted by atomic mass is 10.1. The molecule has 74 valence electrons. The minimum Gasteiger partial charge on any atom is -0.497 e. The maximum Gasteiger partial charge on any atom is 0.120 e. The molecule has 15 heavy (non-hydrogen) atoms. The molecule has 1 N–H and O–H groups in total. The van der Waals surface area contributed by atoms with Gasteiger partial charge >= 0.3 is 0 Å². The van der Waals surface area contributed by atoms with Crippen LogP contribution in [0, 0.1) is 0 Å². The fourth-order valence-corrected chi connectivity index (χ4v) is 1.77. The van der Waals surface area contributed by atoms with Gasteiger partial charge in [0.15, 0.2) is 0 Å². The van der Waals surface area contributed by atoms with Gasteiger partial charge in [0.1, 0.15) is 5.75 Å². The van der Waals surface area contributed by atoms with Gasteiger partial charge in [0.25, 0.3) is 0 Å². The molecule has 2 heteroatoms. The Bertz CT molecular complexity index is 764. The summed E-state index contributed by atoms with van der Waals surface area (Å²) >= 11 is 0. The number of para-hydroxylation sites is 1. The Labute approximate surface area is 91.7 Å². The number of methoxy groups -OCH3 is 1. The van der Waals surface area contributed by atoms with Gasteiger partial charge in [-0.2, -0.15) is 0 Å². The Hall–Kier alpha value is -1.96. The molecule has 0 aliphatic carbocycles. The molecule has 3 aromatic rings. The van der Waals surface area contributed by atoms with E-state index in [1.807, 2.05) is 18.2 Å². The molecule has 0 amide bonds. The van der Waals surface area contributed by atoms with Crippen molar-refractivity contribution in [1.29, 1.82) is 0 Å². The van der Waals surface area contributed by atoms with E-state index in [-0.39, 0.29) is 18.1 Å². The van der Waals surface area contributed by atoms with E-state index in [0.29, 0.717) is 10.9 Å². The van der Waals surface area contributed by atoms with Crippen molar-refractivity contribution in [3.8, 4) is 5.75 Å². The topological polar surface area (TPSA) is 25.0 Å². The summed E-state index contributed by atoms with van der Waals surface area (Å²) in [6.45, 7) is 0. The molecular weight excluding hydrogens is 186 g/mol. The summed E-state index contributed by atoms with van der Waals surface area (Å²) < 4.78 is 28.5. The van der Waals surface area contributed by atoms with Crippen molar-refractivity contribution in [2.24, 2.45) is 0 Å². The summed E-state index contributed by atoms with van der Waals surface area (Å²) in [7, 11) is 1.60. The van der Waals surface area contributed by atoms with Gasteiger partial charge in [0.2, 0.25) is 0 Å². The molecule has 3 rings (SSSR count). The summed E-state index contributed by atoms with van der Waals surface area (Å²) in [4.78, 5) is 3.16. The lowest BCUT2D eigenvalue weighted by molar-refractivity contribution is 0.415. The van der Waals surface area contributed by atoms with E-state index in [2.05, 4.69) is 4.98 Å². The summed E-state index contributed by atoms with van der Waals surface area (Å²) in [6, 6.07) is 7.24. The van der Waals surface area contributed by atoms with E-state index in [4.69, 9.17) is 8.85 Å². The zero-order valence-corrected chi connectivity index (χ0v) is 8.22. The third-order valence-corrected chi connectivity index (χ3v) is 2.51. The van der Waals surface area contributed by atoms with Gasteiger partial charge in [0.05, 0.1) is 16.7 Å². The number of fused-ring (bicyclic) bond motifs is 3. The second-order valence-electron chi connectivity index (χ2n) is 3.36. The van der Waals surface area contributed by atoms with Gasteiger partial charge < -0.3 is 9.72 Å². The van der Waals surface area contributed by atoms with Gasteiger partial charge in [-0.25, -0.2) is 0 Å². The van der Waals surface area contributed by atoms with Crippen LogP contribution < -0.4 is 4.74 Å². The van der Waals surface area contributed by atoms with E-state index in [0.717, 1.165) is 16.7 Å². The van der Waals surface area contributed by atoms with Crippen LogP contribution in [0.4, 0.5) is 0 Å². The molecule has 0 radical (unpaired) electrons. The molecule has 1 heterocycles. The van der Waals surface area contributed by atoms with Crippen LogP contribution in [0.15, 0.2) is 42.4 Å². The van der Waals surface area contributed by atoms with E-state index < -0.39 is 0 Å². The number of hydrogen-bond donors (Lipinski definition) is 1. The van der Waals surface area contributed by atoms with Crippen LogP contribution in [0.3, 0.4) is 0 Å². The predicted octanol–water partition coefficient (Wildman–Crippen LogP) is 3.33. The van der Waals surface area contributed by atoms with Crippen molar-refractivity contribution >= 4 is 21.8 Å². The van der Waals surface area contributed by atoms with Crippen molar-refractivity contribution in [3.63, 3.8) is 0 Å². The summed E-state index contributed by atoms with van der Waals surface area (Å²) in [6.07, 6.45) is 0. The third kappa shape index (κ3) is 1.18. The van der Waals surface area contributed by atoms with Crippen molar-refractivity contribution in [2.75, 3.05) is 7.11 Å². The zero-order chi connectivity index (χ0) is 12.9. The Kier molecular flexibility index (Phi) is 1.17. The highest BCUT2D eigenvalue weighted by molar-refractivity contribution is 6.07. The van der Waals surface area contributed by atoms with Crippen LogP contribution in [-0.2, 0) is 0 Å². The van der Waals surface area contributed by atoms with Crippen LogP contribution in [0.2, 0.25) is 0 Å². The highest BCUT2D eigenvalue weighted by Gasteiger charge is 2.03. The van der Waals surface area contributed by atoms with Gasteiger partial charge in [-0.15, -0.1) is 0 Å². The first-order chi connectivity index (χ1) is 8.61. The van der Waals surface area contributed by atoms with Gasteiger partial charge in [0, 0.05) is 22.4 Å². The zero-order valence-electron chi connectivity index (χ0n) is 11.2. The lowest BCUT2D eigenvalue weighted by Gasteiger charge is -1.98. The number of benzene rings is 2. The second kappa shape index (κ2) is 3.02. The molecule has 0 bridgehead atoms. The predicted molar refractivity (Wildman–Crippen MR) is 62.4 cm³/mol. The molecular formula is C13H11NO.